The summed E-state index contributed by atoms with van der Waals surface area (Å²) in [6, 6.07) is 26.5. The first-order valence-corrected chi connectivity index (χ1v) is 21.9. The Hall–Kier alpha value is -3.45. The molecule has 0 aliphatic carbocycles. The first-order chi connectivity index (χ1) is 22.6. The minimum Gasteiger partial charge on any atom is -0.489 e. The normalized spacial score (nSPS) is 21.8. The van der Waals surface area contributed by atoms with Crippen LogP contribution in [0.1, 0.15) is 54.4 Å². The number of anilines is 2. The summed E-state index contributed by atoms with van der Waals surface area (Å²) >= 11 is 0. The predicted molar refractivity (Wildman–Crippen MR) is 196 cm³/mol. The smallest absolute Gasteiger partial charge is 0.415 e. The zero-order valence-corrected chi connectivity index (χ0v) is 31.6. The summed E-state index contributed by atoms with van der Waals surface area (Å²) in [5.41, 5.74) is 1.42. The third-order valence-corrected chi connectivity index (χ3v) is 20.3. The van der Waals surface area contributed by atoms with E-state index in [0.717, 1.165) is 5.69 Å². The lowest BCUT2D eigenvalue weighted by Crippen LogP contribution is -2.68. The lowest BCUT2D eigenvalue weighted by molar-refractivity contribution is -0.121. The van der Waals surface area contributed by atoms with Gasteiger partial charge in [0.2, 0.25) is 5.91 Å². The van der Waals surface area contributed by atoms with Crippen molar-refractivity contribution < 1.29 is 27.9 Å². The summed E-state index contributed by atoms with van der Waals surface area (Å²) in [6.07, 6.45) is -0.00244. The van der Waals surface area contributed by atoms with Crippen molar-refractivity contribution >= 4 is 50.4 Å². The monoisotopic (exact) mass is 686 g/mol. The molecule has 3 aliphatic heterocycles. The topological polar surface area (TPSA) is 77.5 Å². The van der Waals surface area contributed by atoms with E-state index in [1.165, 1.54) is 10.4 Å². The van der Waals surface area contributed by atoms with Gasteiger partial charge in [0.1, 0.15) is 24.5 Å². The van der Waals surface area contributed by atoms with E-state index in [0.29, 0.717) is 44.0 Å². The van der Waals surface area contributed by atoms with Crippen LogP contribution in [0.3, 0.4) is 0 Å². The maximum Gasteiger partial charge on any atom is 0.415 e. The van der Waals surface area contributed by atoms with Gasteiger partial charge in [-0.3, -0.25) is 9.69 Å². The lowest BCUT2D eigenvalue weighted by Gasteiger charge is -2.46. The van der Waals surface area contributed by atoms with Crippen molar-refractivity contribution in [1.82, 2.24) is 0 Å². The van der Waals surface area contributed by atoms with Crippen LogP contribution in [-0.2, 0) is 18.4 Å². The molecule has 0 bridgehead atoms. The number of hydrogen-bond acceptors (Lipinski definition) is 6. The SMILES string of the molecule is CC(C)(C)[Si](C)(C)OC[C@@H]1OC(=O)N2c3ccc(N4CC[C@@H](O[Si](c5ccccc5)(c5ccccc5)C(C)(C)C)CC4=O)cc3OC[C@@H]12. The van der Waals surface area contributed by atoms with E-state index >= 15 is 0 Å². The molecular formula is C38H50N2O6Si2. The molecule has 3 aromatic carbocycles. The van der Waals surface area contributed by atoms with Crippen molar-refractivity contribution in [2.24, 2.45) is 0 Å². The fourth-order valence-corrected chi connectivity index (χ4v) is 12.7. The van der Waals surface area contributed by atoms with Gasteiger partial charge in [0.05, 0.1) is 24.8 Å². The zero-order valence-electron chi connectivity index (χ0n) is 29.6. The predicted octanol–water partition coefficient (Wildman–Crippen LogP) is 6.87. The number of carbonyl (C=O) groups excluding carboxylic acids is 2. The summed E-state index contributed by atoms with van der Waals surface area (Å²) in [7, 11) is -4.80. The Bertz CT molecular complexity index is 1600. The van der Waals surface area contributed by atoms with Gasteiger partial charge in [0.25, 0.3) is 8.32 Å². The molecule has 3 aromatic rings. The second-order valence-corrected chi connectivity index (χ2v) is 24.9. The van der Waals surface area contributed by atoms with Crippen LogP contribution in [0.25, 0.3) is 0 Å². The molecule has 48 heavy (non-hydrogen) atoms. The number of benzene rings is 3. The standard InChI is InChI=1S/C38H50N2O6Si2/c1-37(2,3)47(7,8)44-26-34-32-25-43-33-23-27(19-20-31(33)40(32)36(42)45-34)39-22-21-28(24-35(39)41)46-48(38(4,5)6,29-15-11-9-12-16-29)30-17-13-10-14-18-30/h9-20,23,28,32,34H,21-22,24-26H2,1-8H3/t28-,32+,34+/m1/s1. The maximum atomic E-state index is 13.8. The summed E-state index contributed by atoms with van der Waals surface area (Å²) in [4.78, 5) is 30.4. The average molecular weight is 687 g/mol. The van der Waals surface area contributed by atoms with Gasteiger partial charge in [0.15, 0.2) is 8.32 Å². The molecule has 256 valence electrons. The molecule has 0 spiro atoms. The van der Waals surface area contributed by atoms with Crippen LogP contribution in [0.5, 0.6) is 5.75 Å². The Balaban J connectivity index is 1.18. The van der Waals surface area contributed by atoms with Gasteiger partial charge in [-0.1, -0.05) is 102 Å². The van der Waals surface area contributed by atoms with Crippen LogP contribution in [0.2, 0.25) is 23.2 Å². The zero-order chi connectivity index (χ0) is 34.5. The van der Waals surface area contributed by atoms with Gasteiger partial charge in [-0.15, -0.1) is 0 Å². The van der Waals surface area contributed by atoms with Gasteiger partial charge < -0.3 is 23.2 Å². The Kier molecular flexibility index (Phi) is 9.16. The number of amides is 2. The quantitative estimate of drug-likeness (QED) is 0.241. The van der Waals surface area contributed by atoms with E-state index in [-0.39, 0.29) is 28.1 Å². The fourth-order valence-electron chi connectivity index (χ4n) is 6.96. The van der Waals surface area contributed by atoms with Gasteiger partial charge in [-0.2, -0.15) is 0 Å². The third kappa shape index (κ3) is 6.24. The highest BCUT2D eigenvalue weighted by atomic mass is 28.4. The second kappa shape index (κ2) is 12.8. The van der Waals surface area contributed by atoms with E-state index in [1.807, 2.05) is 35.2 Å². The molecule has 8 nitrogen and oxygen atoms in total. The summed E-state index contributed by atoms with van der Waals surface area (Å²) in [5.74, 6) is 0.589. The van der Waals surface area contributed by atoms with Crippen molar-refractivity contribution in [3.05, 3.63) is 78.9 Å². The molecule has 3 heterocycles. The first-order valence-electron chi connectivity index (χ1n) is 17.1. The van der Waals surface area contributed by atoms with Crippen molar-refractivity contribution in [3.8, 4) is 5.75 Å². The van der Waals surface area contributed by atoms with E-state index < -0.39 is 28.8 Å². The van der Waals surface area contributed by atoms with E-state index in [4.69, 9.17) is 18.3 Å². The minimum atomic E-state index is -2.78. The van der Waals surface area contributed by atoms with Crippen molar-refractivity contribution in [2.75, 3.05) is 29.6 Å². The number of hydrogen-bond donors (Lipinski definition) is 0. The number of piperidine rings is 1. The van der Waals surface area contributed by atoms with Crippen LogP contribution in [0.4, 0.5) is 16.2 Å². The Morgan fingerprint density at radius 2 is 1.48 bits per heavy atom. The number of ether oxygens (including phenoxy) is 2. The highest BCUT2D eigenvalue weighted by molar-refractivity contribution is 6.99. The molecule has 2 saturated heterocycles. The third-order valence-electron chi connectivity index (χ3n) is 10.7. The molecule has 10 heteroatoms. The van der Waals surface area contributed by atoms with Crippen LogP contribution in [0.15, 0.2) is 78.9 Å². The van der Waals surface area contributed by atoms with Crippen molar-refractivity contribution in [1.29, 1.82) is 0 Å². The molecule has 0 radical (unpaired) electrons. The molecule has 2 fully saturated rings. The Morgan fingerprint density at radius 3 is 2.04 bits per heavy atom. The van der Waals surface area contributed by atoms with Gasteiger partial charge in [0, 0.05) is 18.3 Å². The number of cyclic esters (lactones) is 1. The summed E-state index contributed by atoms with van der Waals surface area (Å²) < 4.78 is 25.7. The second-order valence-electron chi connectivity index (χ2n) is 15.8. The van der Waals surface area contributed by atoms with E-state index in [2.05, 4.69) is 103 Å². The number of fused-ring (bicyclic) bond motifs is 3. The number of nitrogens with zero attached hydrogens (tertiary/aromatic N) is 2. The number of carbonyl (C=O) groups is 2. The van der Waals surface area contributed by atoms with Crippen LogP contribution < -0.4 is 24.9 Å². The molecule has 2 amide bonds. The highest BCUT2D eigenvalue weighted by Crippen LogP contribution is 2.43. The molecule has 6 rings (SSSR count). The van der Waals surface area contributed by atoms with Crippen molar-refractivity contribution in [3.63, 3.8) is 0 Å². The average Bonchev–Trinajstić information content (AvgIpc) is 3.37. The Morgan fingerprint density at radius 1 is 0.854 bits per heavy atom. The molecule has 0 saturated carbocycles. The fraction of sp³-hybridized carbons (Fsp3) is 0.474. The van der Waals surface area contributed by atoms with E-state index in [1.54, 1.807) is 4.90 Å². The molecule has 3 aliphatic rings. The van der Waals surface area contributed by atoms with Crippen molar-refractivity contribution in [2.45, 2.75) is 95.8 Å². The molecule has 0 aromatic heterocycles. The number of rotatable bonds is 8. The summed E-state index contributed by atoms with van der Waals surface area (Å²) in [5, 5.41) is 2.30. The van der Waals surface area contributed by atoms with Gasteiger partial charge in [-0.05, 0) is 52.1 Å². The largest absolute Gasteiger partial charge is 0.489 e. The first kappa shape index (κ1) is 34.4. The van der Waals surface area contributed by atoms with Crippen LogP contribution >= 0.6 is 0 Å². The Labute approximate surface area is 287 Å². The van der Waals surface area contributed by atoms with Crippen LogP contribution in [-0.4, -0.2) is 66.6 Å². The molecule has 0 N–H and O–H groups in total. The summed E-state index contributed by atoms with van der Waals surface area (Å²) in [6.45, 7) is 18.9. The molecular weight excluding hydrogens is 637 g/mol. The van der Waals surface area contributed by atoms with Crippen LogP contribution in [0, 0.1) is 0 Å². The van der Waals surface area contributed by atoms with E-state index in [9.17, 15) is 9.59 Å². The molecule has 0 unspecified atom stereocenters. The minimum absolute atomic E-state index is 0.0150. The highest BCUT2D eigenvalue weighted by Gasteiger charge is 2.52. The molecule has 3 atom stereocenters. The maximum absolute atomic E-state index is 13.8. The van der Waals surface area contributed by atoms with Gasteiger partial charge >= 0.3 is 6.09 Å². The lowest BCUT2D eigenvalue weighted by atomic mass is 10.1. The van der Waals surface area contributed by atoms with Gasteiger partial charge in [-0.25, -0.2) is 4.79 Å².